The van der Waals surface area contributed by atoms with Gasteiger partial charge < -0.3 is 10.4 Å². The molecule has 1 fully saturated rings. The van der Waals surface area contributed by atoms with Crippen LogP contribution < -0.4 is 5.32 Å². The number of hydrogen-bond acceptors (Lipinski definition) is 5. The van der Waals surface area contributed by atoms with E-state index in [2.05, 4.69) is 5.32 Å². The lowest BCUT2D eigenvalue weighted by Crippen LogP contribution is -2.65. The fraction of sp³-hybridized carbons (Fsp3) is 0.583. The Balaban J connectivity index is 2.25. The highest BCUT2D eigenvalue weighted by Crippen LogP contribution is 2.45. The van der Waals surface area contributed by atoms with Crippen LogP contribution in [0.25, 0.3) is 0 Å². The molecule has 0 aromatic carbocycles. The lowest BCUT2D eigenvalue weighted by Gasteiger charge is -2.46. The van der Waals surface area contributed by atoms with Gasteiger partial charge in [-0.3, -0.25) is 9.59 Å². The average molecular weight is 301 g/mol. The van der Waals surface area contributed by atoms with E-state index in [0.29, 0.717) is 11.5 Å². The topological polar surface area (TPSA) is 83.5 Å². The third-order valence-corrected chi connectivity index (χ3v) is 5.40. The first-order valence-corrected chi connectivity index (χ1v) is 8.28. The van der Waals surface area contributed by atoms with Crippen molar-refractivity contribution in [1.29, 1.82) is 0 Å². The van der Waals surface area contributed by atoms with Crippen LogP contribution in [0.1, 0.15) is 6.92 Å². The van der Waals surface area contributed by atoms with Crippen molar-refractivity contribution in [3.63, 3.8) is 0 Å². The second-order valence-corrected chi connectivity index (χ2v) is 6.62. The van der Waals surface area contributed by atoms with Gasteiger partial charge in [0, 0.05) is 29.3 Å². The summed E-state index contributed by atoms with van der Waals surface area (Å²) in [6, 6.07) is -0.530. The lowest BCUT2D eigenvalue weighted by molar-refractivity contribution is -0.139. The van der Waals surface area contributed by atoms with E-state index in [1.54, 1.807) is 23.5 Å². The van der Waals surface area contributed by atoms with E-state index in [1.165, 1.54) is 6.92 Å². The van der Waals surface area contributed by atoms with Gasteiger partial charge in [0.15, 0.2) is 5.78 Å². The van der Waals surface area contributed by atoms with Crippen LogP contribution in [0.4, 0.5) is 0 Å². The molecule has 19 heavy (non-hydrogen) atoms. The molecule has 3 atom stereocenters. The van der Waals surface area contributed by atoms with Gasteiger partial charge in [-0.15, -0.1) is 0 Å². The first-order chi connectivity index (χ1) is 8.97. The van der Waals surface area contributed by atoms with Gasteiger partial charge in [0.1, 0.15) is 6.04 Å². The van der Waals surface area contributed by atoms with Gasteiger partial charge in [0.05, 0.1) is 5.92 Å². The third-order valence-electron chi connectivity index (χ3n) is 3.32. The van der Waals surface area contributed by atoms with Gasteiger partial charge in [0.25, 0.3) is 0 Å². The van der Waals surface area contributed by atoms with Crippen LogP contribution in [-0.2, 0) is 14.4 Å². The lowest BCUT2D eigenvalue weighted by atomic mass is 9.71. The number of fused-ring (bicyclic) bond motifs is 1. The molecule has 2 rings (SSSR count). The predicted molar refractivity (Wildman–Crippen MR) is 75.4 cm³/mol. The summed E-state index contributed by atoms with van der Waals surface area (Å²) in [5.74, 6) is -0.746. The molecule has 1 amide bonds. The molecule has 1 saturated carbocycles. The van der Waals surface area contributed by atoms with Crippen molar-refractivity contribution in [2.75, 3.05) is 17.8 Å². The smallest absolute Gasteiger partial charge is 0.332 e. The fourth-order valence-electron chi connectivity index (χ4n) is 2.53. The SMILES string of the molecule is CSCC1=C(C(=O)O)C2C(=O)[C@@H](NC(C)=O)[C@H]2SC1. The number of hydrogen-bond donors (Lipinski definition) is 2. The minimum absolute atomic E-state index is 0.131. The molecule has 0 saturated heterocycles. The molecule has 0 spiro atoms. The van der Waals surface area contributed by atoms with Crippen LogP contribution in [0.15, 0.2) is 11.1 Å². The van der Waals surface area contributed by atoms with Crippen molar-refractivity contribution >= 4 is 41.2 Å². The first kappa shape index (κ1) is 14.5. The highest BCUT2D eigenvalue weighted by Gasteiger charge is 2.55. The zero-order valence-corrected chi connectivity index (χ0v) is 12.3. The number of carbonyl (C=O) groups excluding carboxylic acids is 2. The molecule has 0 aromatic heterocycles. The maximum Gasteiger partial charge on any atom is 0.332 e. The number of nitrogens with one attached hydrogen (secondary N) is 1. The fourth-order valence-corrected chi connectivity index (χ4v) is 4.78. The van der Waals surface area contributed by atoms with Crippen molar-refractivity contribution < 1.29 is 19.5 Å². The highest BCUT2D eigenvalue weighted by atomic mass is 32.2. The van der Waals surface area contributed by atoms with Gasteiger partial charge in [-0.25, -0.2) is 4.79 Å². The third kappa shape index (κ3) is 2.53. The largest absolute Gasteiger partial charge is 0.478 e. The van der Waals surface area contributed by atoms with Crippen LogP contribution in [0.2, 0.25) is 0 Å². The second kappa shape index (κ2) is 5.58. The number of ketones is 1. The minimum atomic E-state index is -1.01. The van der Waals surface area contributed by atoms with Crippen molar-refractivity contribution in [3.8, 4) is 0 Å². The number of carbonyl (C=O) groups is 3. The van der Waals surface area contributed by atoms with E-state index in [1.807, 2.05) is 6.26 Å². The normalized spacial score (nSPS) is 29.6. The van der Waals surface area contributed by atoms with E-state index in [0.717, 1.165) is 5.57 Å². The van der Waals surface area contributed by atoms with Gasteiger partial charge in [-0.05, 0) is 11.8 Å². The molecule has 1 aliphatic heterocycles. The van der Waals surface area contributed by atoms with Crippen molar-refractivity contribution in [2.24, 2.45) is 5.92 Å². The van der Waals surface area contributed by atoms with Crippen LogP contribution in [0.5, 0.6) is 0 Å². The molecule has 5 nitrogen and oxygen atoms in total. The summed E-state index contributed by atoms with van der Waals surface area (Å²) in [4.78, 5) is 34.5. The summed E-state index contributed by atoms with van der Waals surface area (Å²) in [6.45, 7) is 1.36. The Labute approximate surface area is 119 Å². The standard InChI is InChI=1S/C12H15NO4S2/c1-5(14)13-9-10(15)8-7(12(16)17)6(3-18-2)4-19-11(8)9/h8-9,11H,3-4H2,1-2H3,(H,13,14)(H,16,17)/t8?,9-,11+/m1/s1. The number of amides is 1. The van der Waals surface area contributed by atoms with E-state index in [-0.39, 0.29) is 22.5 Å². The number of carboxylic acids is 1. The first-order valence-electron chi connectivity index (χ1n) is 5.84. The van der Waals surface area contributed by atoms with Crippen LogP contribution in [0, 0.1) is 5.92 Å². The van der Waals surface area contributed by atoms with Gasteiger partial charge in [0.2, 0.25) is 5.91 Å². The van der Waals surface area contributed by atoms with Gasteiger partial charge >= 0.3 is 5.97 Å². The number of aliphatic carboxylic acids is 1. The Morgan fingerprint density at radius 2 is 2.21 bits per heavy atom. The monoisotopic (exact) mass is 301 g/mol. The Hall–Kier alpha value is -0.950. The summed E-state index contributed by atoms with van der Waals surface area (Å²) < 4.78 is 0. The molecule has 2 aliphatic rings. The van der Waals surface area contributed by atoms with E-state index < -0.39 is 17.9 Å². The van der Waals surface area contributed by atoms with Crippen molar-refractivity contribution in [1.82, 2.24) is 5.32 Å². The van der Waals surface area contributed by atoms with Crippen molar-refractivity contribution in [3.05, 3.63) is 11.1 Å². The summed E-state index contributed by atoms with van der Waals surface area (Å²) in [6.07, 6.45) is 1.91. The number of Topliss-reactive ketones (excluding diaryl/α,β-unsaturated/α-hetero) is 1. The average Bonchev–Trinajstić information content (AvgIpc) is 2.35. The highest BCUT2D eigenvalue weighted by molar-refractivity contribution is 8.00. The quantitative estimate of drug-likeness (QED) is 0.789. The maximum atomic E-state index is 12.1. The Morgan fingerprint density at radius 1 is 1.53 bits per heavy atom. The number of thioether (sulfide) groups is 2. The number of carboxylic acid groups (broad SMARTS) is 1. The molecule has 2 N–H and O–H groups in total. The molecule has 1 heterocycles. The maximum absolute atomic E-state index is 12.1. The van der Waals surface area contributed by atoms with E-state index >= 15 is 0 Å². The van der Waals surface area contributed by atoms with Crippen LogP contribution in [0.3, 0.4) is 0 Å². The van der Waals surface area contributed by atoms with Gasteiger partial charge in [-0.1, -0.05) is 0 Å². The summed E-state index contributed by atoms with van der Waals surface area (Å²) >= 11 is 3.12. The Morgan fingerprint density at radius 3 is 2.74 bits per heavy atom. The molecule has 1 aliphatic carbocycles. The zero-order chi connectivity index (χ0) is 14.2. The van der Waals surface area contributed by atoms with Gasteiger partial charge in [-0.2, -0.15) is 23.5 Å². The number of rotatable bonds is 4. The minimum Gasteiger partial charge on any atom is -0.478 e. The molecular weight excluding hydrogens is 286 g/mol. The van der Waals surface area contributed by atoms with Crippen molar-refractivity contribution in [2.45, 2.75) is 18.2 Å². The van der Waals surface area contributed by atoms with E-state index in [9.17, 15) is 19.5 Å². The molecule has 104 valence electrons. The molecular formula is C12H15NO4S2. The summed E-state index contributed by atoms with van der Waals surface area (Å²) in [7, 11) is 0. The molecule has 0 radical (unpaired) electrons. The Kier molecular flexibility index (Phi) is 4.25. The molecule has 7 heteroatoms. The molecule has 1 unspecified atom stereocenters. The van der Waals surface area contributed by atoms with Crippen LogP contribution >= 0.6 is 23.5 Å². The molecule has 0 bridgehead atoms. The summed E-state index contributed by atoms with van der Waals surface area (Å²) in [5, 5.41) is 11.8. The van der Waals surface area contributed by atoms with E-state index in [4.69, 9.17) is 0 Å². The summed E-state index contributed by atoms with van der Waals surface area (Å²) in [5.41, 5.74) is 1.09. The zero-order valence-electron chi connectivity index (χ0n) is 10.6. The Bertz CT molecular complexity index is 474. The second-order valence-electron chi connectivity index (χ2n) is 4.59. The predicted octanol–water partition coefficient (Wildman–Crippen LogP) is 0.550. The molecule has 0 aromatic rings. The van der Waals surface area contributed by atoms with Crippen LogP contribution in [-0.4, -0.2) is 51.8 Å².